The molecule has 4 rings (SSSR count). The predicted molar refractivity (Wildman–Crippen MR) is 131 cm³/mol. The number of halogens is 3. The van der Waals surface area contributed by atoms with Crippen LogP contribution >= 0.6 is 11.3 Å². The number of aromatic nitrogens is 4. The van der Waals surface area contributed by atoms with Crippen molar-refractivity contribution in [1.82, 2.24) is 19.5 Å². The Hall–Kier alpha value is -3.01. The molecule has 0 saturated carbocycles. The number of fused-ring (bicyclic) bond motifs is 3. The van der Waals surface area contributed by atoms with Gasteiger partial charge in [-0.05, 0) is 19.1 Å². The van der Waals surface area contributed by atoms with Crippen LogP contribution in [-0.4, -0.2) is 39.3 Å². The first kappa shape index (κ1) is 26.2. The van der Waals surface area contributed by atoms with Gasteiger partial charge >= 0.3 is 6.18 Å². The zero-order valence-corrected chi connectivity index (χ0v) is 20.4. The van der Waals surface area contributed by atoms with E-state index in [1.807, 2.05) is 46.6 Å². The summed E-state index contributed by atoms with van der Waals surface area (Å²) in [5.74, 6) is 0.683. The first-order chi connectivity index (χ1) is 15.8. The van der Waals surface area contributed by atoms with Gasteiger partial charge in [0.2, 0.25) is 0 Å². The average molecular weight is 480 g/mol. The van der Waals surface area contributed by atoms with Gasteiger partial charge in [-0.3, -0.25) is 9.36 Å². The van der Waals surface area contributed by atoms with Crippen molar-refractivity contribution in [3.05, 3.63) is 52.9 Å². The highest BCUT2D eigenvalue weighted by atomic mass is 32.1. The highest BCUT2D eigenvalue weighted by Crippen LogP contribution is 2.34. The lowest BCUT2D eigenvalue weighted by Crippen LogP contribution is -2.19. The lowest BCUT2D eigenvalue weighted by molar-refractivity contribution is -0.0881. The third-order valence-electron chi connectivity index (χ3n) is 4.71. The third kappa shape index (κ3) is 5.32. The molecule has 3 heterocycles. The third-order valence-corrected chi connectivity index (χ3v) is 5.79. The van der Waals surface area contributed by atoms with Gasteiger partial charge in [0.1, 0.15) is 33.5 Å². The van der Waals surface area contributed by atoms with Crippen molar-refractivity contribution in [2.75, 3.05) is 18.5 Å². The maximum absolute atomic E-state index is 13.1. The summed E-state index contributed by atoms with van der Waals surface area (Å²) in [4.78, 5) is 28.7. The molecule has 1 aliphatic rings. The maximum Gasteiger partial charge on any atom is 0.416 e. The van der Waals surface area contributed by atoms with Gasteiger partial charge < -0.3 is 4.90 Å². The average Bonchev–Trinajstić information content (AvgIpc) is 3.03. The molecule has 0 radical (unpaired) electrons. The Labute approximate surface area is 194 Å². The lowest BCUT2D eigenvalue weighted by atomic mass is 10.2. The van der Waals surface area contributed by atoms with Gasteiger partial charge in [0, 0.05) is 25.7 Å². The van der Waals surface area contributed by atoms with Crippen molar-refractivity contribution < 1.29 is 13.2 Å². The molecule has 1 aliphatic carbocycles. The fourth-order valence-corrected chi connectivity index (χ4v) is 4.10. The van der Waals surface area contributed by atoms with Gasteiger partial charge in [-0.1, -0.05) is 39.8 Å². The van der Waals surface area contributed by atoms with Gasteiger partial charge in [-0.2, -0.15) is 13.2 Å². The summed E-state index contributed by atoms with van der Waals surface area (Å²) in [5.41, 5.74) is -0.196. The van der Waals surface area contributed by atoms with E-state index in [-0.39, 0.29) is 12.0 Å². The summed E-state index contributed by atoms with van der Waals surface area (Å²) in [5, 5.41) is 0.704. The number of thiophene rings is 1. The van der Waals surface area contributed by atoms with Gasteiger partial charge in [0.25, 0.3) is 5.56 Å². The Morgan fingerprint density at radius 3 is 2.45 bits per heavy atom. The van der Waals surface area contributed by atoms with Crippen LogP contribution in [0.3, 0.4) is 0 Å². The van der Waals surface area contributed by atoms with Crippen molar-refractivity contribution in [2.45, 2.75) is 47.2 Å². The minimum absolute atomic E-state index is 0.178. The molecule has 3 aromatic rings. The topological polar surface area (TPSA) is 63.9 Å². The van der Waals surface area contributed by atoms with Crippen LogP contribution in [0, 0.1) is 0 Å². The number of hydrogen-bond donors (Lipinski definition) is 0. The fourth-order valence-electron chi connectivity index (χ4n) is 3.08. The molecule has 0 N–H and O–H groups in total. The summed E-state index contributed by atoms with van der Waals surface area (Å²) < 4.78 is 40.5. The van der Waals surface area contributed by atoms with E-state index >= 15 is 0 Å². The summed E-state index contributed by atoms with van der Waals surface area (Å²) in [6.45, 7) is 10.7. The molecule has 0 unspecified atom stereocenters. The number of allylic oxidation sites excluding steroid dienone is 6. The minimum atomic E-state index is -4.44. The van der Waals surface area contributed by atoms with Crippen molar-refractivity contribution >= 4 is 43.3 Å². The standard InChI is InChI=1S/C19H16F3N5OS.2C2H6/c1-3-26(2)16-13-14-15(29-17(13)24-9-23-16)18(28)27(10-25-14)12-6-4-5-11(7-8-12)19(20,21)22;2*1-2/h4-5,7-10H,3,6H2,1-2H3;2*1-2H3. The van der Waals surface area contributed by atoms with E-state index in [0.717, 1.165) is 12.2 Å². The van der Waals surface area contributed by atoms with E-state index in [1.54, 1.807) is 0 Å². The van der Waals surface area contributed by atoms with Gasteiger partial charge in [0.05, 0.1) is 11.0 Å². The molecule has 0 spiro atoms. The number of rotatable bonds is 3. The fraction of sp³-hybridized carbons (Fsp3) is 0.391. The summed E-state index contributed by atoms with van der Waals surface area (Å²) in [6.07, 6.45) is 3.22. The minimum Gasteiger partial charge on any atom is -0.359 e. The van der Waals surface area contributed by atoms with E-state index in [0.29, 0.717) is 38.5 Å². The summed E-state index contributed by atoms with van der Waals surface area (Å²) >= 11 is 1.20. The molecule has 0 fully saturated rings. The molecule has 0 bridgehead atoms. The molecular formula is C23H28F3N5OS. The summed E-state index contributed by atoms with van der Waals surface area (Å²) in [7, 11) is 1.89. The first-order valence-electron chi connectivity index (χ1n) is 10.8. The van der Waals surface area contributed by atoms with Crippen LogP contribution in [-0.2, 0) is 0 Å². The van der Waals surface area contributed by atoms with Crippen molar-refractivity contribution in [2.24, 2.45) is 0 Å². The molecule has 3 aromatic heterocycles. The smallest absolute Gasteiger partial charge is 0.359 e. The van der Waals surface area contributed by atoms with E-state index in [9.17, 15) is 18.0 Å². The highest BCUT2D eigenvalue weighted by molar-refractivity contribution is 7.25. The largest absolute Gasteiger partial charge is 0.416 e. The molecule has 178 valence electrons. The second-order valence-corrected chi connectivity index (χ2v) is 7.47. The van der Waals surface area contributed by atoms with Crippen LogP contribution in [0.15, 0.2) is 47.3 Å². The predicted octanol–water partition coefficient (Wildman–Crippen LogP) is 6.20. The van der Waals surface area contributed by atoms with Crippen LogP contribution in [0.5, 0.6) is 0 Å². The molecule has 0 amide bonds. The Kier molecular flexibility index (Phi) is 8.92. The molecule has 0 aromatic carbocycles. The maximum atomic E-state index is 13.1. The van der Waals surface area contributed by atoms with Gasteiger partial charge in [0.15, 0.2) is 0 Å². The Morgan fingerprint density at radius 1 is 1.12 bits per heavy atom. The first-order valence-corrected chi connectivity index (χ1v) is 11.6. The van der Waals surface area contributed by atoms with Gasteiger partial charge in [-0.25, -0.2) is 15.0 Å². The number of nitrogens with zero attached hydrogens (tertiary/aromatic N) is 5. The SMILES string of the molecule is CC.CC.CCN(C)c1ncnc2sc3c(=O)n(C4=CC=C(C(F)(F)F)C=CC4)cnc3c12. The summed E-state index contributed by atoms with van der Waals surface area (Å²) in [6, 6.07) is 0. The molecule has 6 nitrogen and oxygen atoms in total. The Balaban J connectivity index is 0.000000914. The molecule has 0 saturated heterocycles. The van der Waals surface area contributed by atoms with Crippen LogP contribution in [0.1, 0.15) is 41.0 Å². The van der Waals surface area contributed by atoms with E-state index in [1.165, 1.54) is 40.7 Å². The monoisotopic (exact) mass is 479 g/mol. The van der Waals surface area contributed by atoms with Crippen LogP contribution in [0.2, 0.25) is 0 Å². The molecule has 33 heavy (non-hydrogen) atoms. The van der Waals surface area contributed by atoms with Crippen molar-refractivity contribution in [3.63, 3.8) is 0 Å². The number of anilines is 1. The van der Waals surface area contributed by atoms with Crippen LogP contribution < -0.4 is 10.5 Å². The molecular weight excluding hydrogens is 451 g/mol. The Bertz CT molecular complexity index is 1250. The van der Waals surface area contributed by atoms with E-state index < -0.39 is 11.7 Å². The van der Waals surface area contributed by atoms with E-state index in [2.05, 4.69) is 15.0 Å². The van der Waals surface area contributed by atoms with Crippen LogP contribution in [0.25, 0.3) is 26.1 Å². The second kappa shape index (κ2) is 11.2. The lowest BCUT2D eigenvalue weighted by Gasteiger charge is -2.15. The zero-order chi connectivity index (χ0) is 24.8. The number of alkyl halides is 3. The van der Waals surface area contributed by atoms with Gasteiger partial charge in [-0.15, -0.1) is 11.3 Å². The van der Waals surface area contributed by atoms with Crippen LogP contribution in [0.4, 0.5) is 19.0 Å². The zero-order valence-electron chi connectivity index (χ0n) is 19.6. The Morgan fingerprint density at radius 2 is 1.82 bits per heavy atom. The quantitative estimate of drug-likeness (QED) is 0.448. The van der Waals surface area contributed by atoms with Crippen molar-refractivity contribution in [1.29, 1.82) is 0 Å². The molecule has 0 aliphatic heterocycles. The normalized spacial score (nSPS) is 13.4. The molecule has 0 atom stereocenters. The van der Waals surface area contributed by atoms with Crippen molar-refractivity contribution in [3.8, 4) is 0 Å². The number of hydrogen-bond acceptors (Lipinski definition) is 6. The van der Waals surface area contributed by atoms with E-state index in [4.69, 9.17) is 0 Å². The highest BCUT2D eigenvalue weighted by Gasteiger charge is 2.31. The second-order valence-electron chi connectivity index (χ2n) is 6.48. The molecule has 10 heteroatoms.